The van der Waals surface area contributed by atoms with E-state index in [1.165, 1.54) is 6.33 Å². The number of hydrogen-bond acceptors (Lipinski definition) is 10. The third kappa shape index (κ3) is 7.93. The highest BCUT2D eigenvalue weighted by molar-refractivity contribution is 6.77. The van der Waals surface area contributed by atoms with E-state index in [0.717, 1.165) is 5.42 Å². The molecule has 3 N–H and O–H groups in total. The summed E-state index contributed by atoms with van der Waals surface area (Å²) >= 11 is 0. The van der Waals surface area contributed by atoms with Crippen LogP contribution in [0.5, 0.6) is 0 Å². The van der Waals surface area contributed by atoms with Crippen LogP contribution in [0.4, 0.5) is 17.3 Å². The van der Waals surface area contributed by atoms with E-state index in [2.05, 4.69) is 62.1 Å². The molecule has 0 saturated carbocycles. The van der Waals surface area contributed by atoms with Gasteiger partial charge in [-0.15, -0.1) is 0 Å². The molecule has 266 valence electrons. The summed E-state index contributed by atoms with van der Waals surface area (Å²) in [4.78, 5) is 24.1. The summed E-state index contributed by atoms with van der Waals surface area (Å²) in [5.41, 5.74) is 1.85. The number of nitrogens with zero attached hydrogens (tertiary/aromatic N) is 3. The average molecular weight is 700 g/mol. The first-order valence-corrected chi connectivity index (χ1v) is 19.9. The van der Waals surface area contributed by atoms with Crippen molar-refractivity contribution in [3.8, 4) is 0 Å². The lowest BCUT2D eigenvalue weighted by molar-refractivity contribution is -0.164. The van der Waals surface area contributed by atoms with E-state index in [0.29, 0.717) is 39.5 Å². The number of amides is 1. The number of aromatic nitrogens is 2. The predicted octanol–water partition coefficient (Wildman–Crippen LogP) is 5.53. The molecule has 13 heteroatoms. The number of rotatable bonds is 12. The van der Waals surface area contributed by atoms with E-state index in [4.69, 9.17) is 18.6 Å². The SMILES string of the molecule is CC(C)[Si](OCO[C@@H]1[C@H](OC(C)(C)C)[C@@H](C(O)C(C)(C)C)O[C@H]1N1C(=[SiH2])Nc2c(NC(=O)c3ccccc3)ncnc21)(C(C)C)C(C)C. The molecule has 1 fully saturated rings. The first-order valence-electron chi connectivity index (χ1n) is 17.0. The van der Waals surface area contributed by atoms with Gasteiger partial charge in [-0.1, -0.05) is 80.5 Å². The maximum Gasteiger partial charge on any atom is 0.256 e. The van der Waals surface area contributed by atoms with Crippen LogP contribution < -0.4 is 15.5 Å². The summed E-state index contributed by atoms with van der Waals surface area (Å²) in [6.07, 6.45) is -2.23. The van der Waals surface area contributed by atoms with Crippen LogP contribution in [0.3, 0.4) is 0 Å². The minimum Gasteiger partial charge on any atom is -0.394 e. The van der Waals surface area contributed by atoms with Crippen molar-refractivity contribution >= 4 is 46.8 Å². The van der Waals surface area contributed by atoms with Gasteiger partial charge in [0, 0.05) is 15.4 Å². The maximum absolute atomic E-state index is 13.1. The zero-order chi connectivity index (χ0) is 35.8. The van der Waals surface area contributed by atoms with Gasteiger partial charge in [0.25, 0.3) is 5.91 Å². The molecule has 0 spiro atoms. The molecule has 1 aromatic carbocycles. The van der Waals surface area contributed by atoms with Crippen LogP contribution in [0, 0.1) is 5.41 Å². The molecular formula is C35H57N5O6Si2. The predicted molar refractivity (Wildman–Crippen MR) is 197 cm³/mol. The number of benzene rings is 1. The topological polar surface area (TPSA) is 127 Å². The van der Waals surface area contributed by atoms with Crippen molar-refractivity contribution in [2.24, 2.45) is 5.41 Å². The summed E-state index contributed by atoms with van der Waals surface area (Å²) in [5.74, 6) is 0.579. The van der Waals surface area contributed by atoms with Crippen LogP contribution in [0.25, 0.3) is 0 Å². The molecule has 3 heterocycles. The highest BCUT2D eigenvalue weighted by Crippen LogP contribution is 2.45. The molecule has 5 atom stereocenters. The van der Waals surface area contributed by atoms with E-state index in [-0.39, 0.29) is 12.7 Å². The maximum atomic E-state index is 13.1. The van der Waals surface area contributed by atoms with E-state index in [1.807, 2.05) is 64.6 Å². The molecule has 1 unspecified atom stereocenters. The molecule has 2 aliphatic heterocycles. The molecule has 2 aliphatic rings. The second-order valence-corrected chi connectivity index (χ2v) is 22.0. The molecule has 1 saturated heterocycles. The van der Waals surface area contributed by atoms with Gasteiger partial charge >= 0.3 is 0 Å². The lowest BCUT2D eigenvalue weighted by Crippen LogP contribution is -2.53. The van der Waals surface area contributed by atoms with Crippen molar-refractivity contribution in [3.63, 3.8) is 0 Å². The number of nitrogens with one attached hydrogen (secondary N) is 2. The van der Waals surface area contributed by atoms with Crippen molar-refractivity contribution < 1.29 is 28.5 Å². The van der Waals surface area contributed by atoms with E-state index in [1.54, 1.807) is 22.0 Å². The van der Waals surface area contributed by atoms with Crippen molar-refractivity contribution in [1.82, 2.24) is 9.97 Å². The van der Waals surface area contributed by atoms with E-state index < -0.39 is 50.0 Å². The van der Waals surface area contributed by atoms with Crippen LogP contribution in [0.2, 0.25) is 16.6 Å². The fraction of sp³-hybridized carbons (Fsp3) is 0.657. The highest BCUT2D eigenvalue weighted by Gasteiger charge is 2.56. The third-order valence-electron chi connectivity index (χ3n) is 9.33. The quantitative estimate of drug-likeness (QED) is 0.192. The number of carbonyl (C=O) groups excluding carboxylic acids is 1. The molecule has 4 rings (SSSR count). The normalized spacial score (nSPS) is 22.4. The Labute approximate surface area is 290 Å². The summed E-state index contributed by atoms with van der Waals surface area (Å²) < 4.78 is 27.2. The van der Waals surface area contributed by atoms with Crippen LogP contribution in [-0.2, 0) is 18.6 Å². The molecule has 2 aromatic rings. The van der Waals surface area contributed by atoms with Gasteiger partial charge in [-0.3, -0.25) is 9.69 Å². The van der Waals surface area contributed by atoms with Crippen molar-refractivity contribution in [2.75, 3.05) is 22.3 Å². The fourth-order valence-corrected chi connectivity index (χ4v) is 13.0. The number of aliphatic hydroxyl groups excluding tert-OH is 1. The van der Waals surface area contributed by atoms with E-state index >= 15 is 0 Å². The van der Waals surface area contributed by atoms with Crippen molar-refractivity contribution in [1.29, 1.82) is 0 Å². The van der Waals surface area contributed by atoms with E-state index in [9.17, 15) is 9.90 Å². The number of aliphatic hydroxyl groups is 1. The first kappa shape index (κ1) is 38.3. The lowest BCUT2D eigenvalue weighted by atomic mass is 9.83. The molecule has 1 aromatic heterocycles. The fourth-order valence-electron chi connectivity index (χ4n) is 7.20. The minimum atomic E-state index is -2.26. The standard InChI is InChI=1S/C35H57N5O6Si2/c1-20(2)48(21(3)4,22(5)6)44-19-43-27-25(46-35(10,11)12)26(28(41)34(7,8)9)45-32(27)40-30-24(38-33(40)47)29(36-18-37-30)39-31(42)23-16-14-13-15-17-23/h13-18,20-22,25-28,32,38,41H,19,47H2,1-12H3,(H,36,37,39,42)/t25-,26+,27-,28?,32-/m1/s1. The molecule has 1 amide bonds. The smallest absolute Gasteiger partial charge is 0.256 e. The molecule has 48 heavy (non-hydrogen) atoms. The van der Waals surface area contributed by atoms with Gasteiger partial charge in [-0.2, -0.15) is 0 Å². The van der Waals surface area contributed by atoms with Gasteiger partial charge in [0.05, 0.1) is 17.1 Å². The summed E-state index contributed by atoms with van der Waals surface area (Å²) in [6, 6.07) is 8.98. The molecule has 0 aliphatic carbocycles. The van der Waals surface area contributed by atoms with Crippen LogP contribution in [-0.4, -0.2) is 87.6 Å². The Morgan fingerprint density at radius 1 is 1.02 bits per heavy atom. The number of fused-ring (bicyclic) bond motifs is 1. The summed E-state index contributed by atoms with van der Waals surface area (Å²) in [6.45, 7) is 25.4. The van der Waals surface area contributed by atoms with Gasteiger partial charge in [0.2, 0.25) is 8.32 Å². The average Bonchev–Trinajstić information content (AvgIpc) is 3.49. The largest absolute Gasteiger partial charge is 0.394 e. The zero-order valence-electron chi connectivity index (χ0n) is 30.8. The van der Waals surface area contributed by atoms with Gasteiger partial charge in [-0.05, 0) is 54.9 Å². The Kier molecular flexibility index (Phi) is 11.8. The molecule has 11 nitrogen and oxygen atoms in total. The van der Waals surface area contributed by atoms with Crippen LogP contribution in [0.1, 0.15) is 93.4 Å². The summed E-state index contributed by atoms with van der Waals surface area (Å²) in [5, 5.41) is 18.0. The lowest BCUT2D eigenvalue weighted by Gasteiger charge is -2.42. The molecular weight excluding hydrogens is 643 g/mol. The Bertz CT molecular complexity index is 1410. The Morgan fingerprint density at radius 2 is 1.62 bits per heavy atom. The number of ether oxygens (including phenoxy) is 3. The second-order valence-electron chi connectivity index (χ2n) is 15.9. The van der Waals surface area contributed by atoms with Crippen molar-refractivity contribution in [3.05, 3.63) is 42.2 Å². The third-order valence-corrected chi connectivity index (χ3v) is 15.9. The number of hydrogen-bond donors (Lipinski definition) is 3. The second kappa shape index (κ2) is 14.8. The van der Waals surface area contributed by atoms with Gasteiger partial charge in [0.1, 0.15) is 37.1 Å². The Hall–Kier alpha value is -2.53. The Morgan fingerprint density at radius 3 is 2.17 bits per heavy atom. The first-order chi connectivity index (χ1) is 22.3. The van der Waals surface area contributed by atoms with Crippen LogP contribution in [0.15, 0.2) is 36.7 Å². The van der Waals surface area contributed by atoms with Crippen molar-refractivity contribution in [2.45, 2.75) is 136 Å². The van der Waals surface area contributed by atoms with Gasteiger partial charge in [-0.25, -0.2) is 9.97 Å². The van der Waals surface area contributed by atoms with Crippen LogP contribution >= 0.6 is 0 Å². The Balaban J connectivity index is 1.74. The molecule has 0 bridgehead atoms. The zero-order valence-corrected chi connectivity index (χ0v) is 33.2. The van der Waals surface area contributed by atoms with Gasteiger partial charge < -0.3 is 34.4 Å². The number of carbonyl (C=O) groups is 1. The van der Waals surface area contributed by atoms with Gasteiger partial charge in [0.15, 0.2) is 17.9 Å². The minimum absolute atomic E-state index is 0.0608. The monoisotopic (exact) mass is 699 g/mol. The molecule has 0 radical (unpaired) electrons. The summed E-state index contributed by atoms with van der Waals surface area (Å²) in [7, 11) is -0.619. The highest BCUT2D eigenvalue weighted by atomic mass is 28.4. The number of anilines is 3.